The van der Waals surface area contributed by atoms with Gasteiger partial charge in [-0.25, -0.2) is 0 Å². The van der Waals surface area contributed by atoms with E-state index in [1.165, 1.54) is 33.2 Å². The Hall–Kier alpha value is -2.04. The zero-order valence-corrected chi connectivity index (χ0v) is 16.3. The highest BCUT2D eigenvalue weighted by Gasteiger charge is 2.29. The van der Waals surface area contributed by atoms with Gasteiger partial charge < -0.3 is 18.9 Å². The molecule has 2 aliphatic heterocycles. The smallest absolute Gasteiger partial charge is 0.131 e. The monoisotopic (exact) mass is 366 g/mol. The fourth-order valence-corrected chi connectivity index (χ4v) is 4.07. The predicted molar refractivity (Wildman–Crippen MR) is 105 cm³/mol. The maximum absolute atomic E-state index is 6.37. The van der Waals surface area contributed by atoms with Crippen LogP contribution in [-0.2, 0) is 22.3 Å². The van der Waals surface area contributed by atoms with E-state index in [9.17, 15) is 0 Å². The van der Waals surface area contributed by atoms with Crippen LogP contribution < -0.4 is 9.47 Å². The van der Waals surface area contributed by atoms with Crippen LogP contribution in [0.4, 0.5) is 0 Å². The Morgan fingerprint density at radius 1 is 0.926 bits per heavy atom. The summed E-state index contributed by atoms with van der Waals surface area (Å²) in [6.07, 6.45) is 4.59. The Kier molecular flexibility index (Phi) is 4.14. The molecule has 0 N–H and O–H groups in total. The van der Waals surface area contributed by atoms with Crippen molar-refractivity contribution in [2.45, 2.75) is 45.8 Å². The summed E-state index contributed by atoms with van der Waals surface area (Å²) in [5.74, 6) is 2.04. The van der Waals surface area contributed by atoms with E-state index < -0.39 is 0 Å². The number of hydrogen-bond donors (Lipinski definition) is 0. The van der Waals surface area contributed by atoms with Crippen molar-refractivity contribution in [1.82, 2.24) is 0 Å². The average Bonchev–Trinajstić information content (AvgIpc) is 3.52. The van der Waals surface area contributed by atoms with Crippen molar-refractivity contribution in [3.8, 4) is 11.5 Å². The summed E-state index contributed by atoms with van der Waals surface area (Å²) in [5, 5.41) is 2.34. The van der Waals surface area contributed by atoms with Gasteiger partial charge in [-0.3, -0.25) is 0 Å². The van der Waals surface area contributed by atoms with Crippen LogP contribution in [0, 0.1) is 13.8 Å². The summed E-state index contributed by atoms with van der Waals surface area (Å²) in [6.45, 7) is 9.35. The van der Waals surface area contributed by atoms with Crippen LogP contribution in [0.3, 0.4) is 0 Å². The fourth-order valence-electron chi connectivity index (χ4n) is 4.07. The van der Waals surface area contributed by atoms with E-state index in [1.54, 1.807) is 0 Å². The summed E-state index contributed by atoms with van der Waals surface area (Å²) >= 11 is 0. The van der Waals surface area contributed by atoms with Gasteiger partial charge in [0, 0.05) is 21.9 Å². The average molecular weight is 366 g/mol. The Morgan fingerprint density at radius 3 is 2.26 bits per heavy atom. The first-order valence-corrected chi connectivity index (χ1v) is 9.83. The van der Waals surface area contributed by atoms with E-state index in [-0.39, 0.29) is 12.2 Å². The lowest BCUT2D eigenvalue weighted by molar-refractivity contribution is 0.258. The molecule has 142 valence electrons. The molecule has 0 spiro atoms. The lowest BCUT2D eigenvalue weighted by Gasteiger charge is -2.26. The van der Waals surface area contributed by atoms with Crippen molar-refractivity contribution >= 4 is 10.8 Å². The van der Waals surface area contributed by atoms with Gasteiger partial charge in [0.2, 0.25) is 0 Å². The van der Waals surface area contributed by atoms with Crippen LogP contribution in [0.15, 0.2) is 23.8 Å². The SMILES string of the molecule is CC1=CCc2c(c(OCC3CO3)c3c(C)cc(C)cc3c2OCC2CO2)C1. The number of allylic oxidation sites excluding steroid dienone is 2. The molecule has 0 radical (unpaired) electrons. The Labute approximate surface area is 160 Å². The Balaban J connectivity index is 1.70. The first kappa shape index (κ1) is 17.1. The molecule has 4 nitrogen and oxygen atoms in total. The highest BCUT2D eigenvalue weighted by molar-refractivity contribution is 5.99. The fraction of sp³-hybridized carbons (Fsp3) is 0.478. The summed E-state index contributed by atoms with van der Waals surface area (Å²) in [5.41, 5.74) is 6.41. The molecule has 0 bridgehead atoms. The third kappa shape index (κ3) is 3.32. The minimum atomic E-state index is 0.240. The Bertz CT molecular complexity index is 936. The van der Waals surface area contributed by atoms with Gasteiger partial charge in [-0.1, -0.05) is 23.3 Å². The molecule has 3 aliphatic rings. The Morgan fingerprint density at radius 2 is 1.59 bits per heavy atom. The summed E-state index contributed by atoms with van der Waals surface area (Å²) in [6, 6.07) is 4.46. The molecule has 2 aromatic rings. The minimum absolute atomic E-state index is 0.240. The molecular weight excluding hydrogens is 340 g/mol. The molecule has 2 atom stereocenters. The molecule has 2 saturated heterocycles. The molecule has 5 rings (SSSR count). The molecule has 2 heterocycles. The lowest BCUT2D eigenvalue weighted by Crippen LogP contribution is -2.14. The molecule has 0 saturated carbocycles. The molecule has 1 aliphatic carbocycles. The van der Waals surface area contributed by atoms with Gasteiger partial charge in [-0.2, -0.15) is 0 Å². The van der Waals surface area contributed by atoms with Crippen LogP contribution >= 0.6 is 0 Å². The zero-order valence-electron chi connectivity index (χ0n) is 16.3. The van der Waals surface area contributed by atoms with Crippen LogP contribution in [0.1, 0.15) is 29.2 Å². The van der Waals surface area contributed by atoms with Crippen molar-refractivity contribution in [3.05, 3.63) is 46.0 Å². The van der Waals surface area contributed by atoms with E-state index in [4.69, 9.17) is 18.9 Å². The van der Waals surface area contributed by atoms with E-state index in [0.717, 1.165) is 42.9 Å². The van der Waals surface area contributed by atoms with Crippen molar-refractivity contribution in [2.24, 2.45) is 0 Å². The van der Waals surface area contributed by atoms with Gasteiger partial charge >= 0.3 is 0 Å². The zero-order chi connectivity index (χ0) is 18.5. The third-order valence-corrected chi connectivity index (χ3v) is 5.61. The number of hydrogen-bond acceptors (Lipinski definition) is 4. The summed E-state index contributed by atoms with van der Waals surface area (Å²) < 4.78 is 23.5. The quantitative estimate of drug-likeness (QED) is 0.571. The molecule has 0 aromatic heterocycles. The highest BCUT2D eigenvalue weighted by Crippen LogP contribution is 2.46. The second-order valence-electron chi connectivity index (χ2n) is 8.08. The van der Waals surface area contributed by atoms with Crippen LogP contribution in [-0.4, -0.2) is 38.6 Å². The molecule has 2 fully saturated rings. The van der Waals surface area contributed by atoms with E-state index in [1.807, 2.05) is 0 Å². The van der Waals surface area contributed by atoms with Crippen LogP contribution in [0.2, 0.25) is 0 Å². The van der Waals surface area contributed by atoms with Crippen LogP contribution in [0.25, 0.3) is 10.8 Å². The molecule has 2 aromatic carbocycles. The topological polar surface area (TPSA) is 43.5 Å². The molecular formula is C23H26O4. The van der Waals surface area contributed by atoms with Crippen molar-refractivity contribution < 1.29 is 18.9 Å². The standard InChI is InChI=1S/C23H26O4/c1-13-4-5-18-19(7-13)23(27-12-17-10-25-17)21-15(3)6-14(2)8-20(21)22(18)26-11-16-9-24-16/h4,6,8,16-17H,5,7,9-12H2,1-3H3. The first-order chi connectivity index (χ1) is 13.1. The van der Waals surface area contributed by atoms with E-state index >= 15 is 0 Å². The van der Waals surface area contributed by atoms with Gasteiger partial charge in [0.1, 0.15) is 36.9 Å². The largest absolute Gasteiger partial charge is 0.490 e. The molecule has 0 amide bonds. The predicted octanol–water partition coefficient (Wildman–Crippen LogP) is 4.06. The van der Waals surface area contributed by atoms with Gasteiger partial charge in [-0.05, 0) is 45.2 Å². The van der Waals surface area contributed by atoms with Crippen molar-refractivity contribution in [3.63, 3.8) is 0 Å². The van der Waals surface area contributed by atoms with E-state index in [2.05, 4.69) is 39.0 Å². The summed E-state index contributed by atoms with van der Waals surface area (Å²) in [7, 11) is 0. The van der Waals surface area contributed by atoms with Gasteiger partial charge in [0.05, 0.1) is 13.2 Å². The molecule has 4 heteroatoms. The second-order valence-corrected chi connectivity index (χ2v) is 8.08. The minimum Gasteiger partial charge on any atom is -0.490 e. The number of aryl methyl sites for hydroxylation is 2. The number of epoxide rings is 2. The molecule has 27 heavy (non-hydrogen) atoms. The second kappa shape index (κ2) is 6.54. The maximum Gasteiger partial charge on any atom is 0.131 e. The van der Waals surface area contributed by atoms with Gasteiger partial charge in [0.15, 0.2) is 0 Å². The summed E-state index contributed by atoms with van der Waals surface area (Å²) in [4.78, 5) is 0. The number of ether oxygens (including phenoxy) is 4. The lowest BCUT2D eigenvalue weighted by atomic mass is 9.86. The number of fused-ring (bicyclic) bond motifs is 2. The van der Waals surface area contributed by atoms with Crippen molar-refractivity contribution in [1.29, 1.82) is 0 Å². The third-order valence-electron chi connectivity index (χ3n) is 5.61. The van der Waals surface area contributed by atoms with Crippen molar-refractivity contribution in [2.75, 3.05) is 26.4 Å². The highest BCUT2D eigenvalue weighted by atomic mass is 16.6. The van der Waals surface area contributed by atoms with Gasteiger partial charge in [-0.15, -0.1) is 0 Å². The van der Waals surface area contributed by atoms with E-state index in [0.29, 0.717) is 13.2 Å². The maximum atomic E-state index is 6.37. The van der Waals surface area contributed by atoms with Gasteiger partial charge in [0.25, 0.3) is 0 Å². The first-order valence-electron chi connectivity index (χ1n) is 9.83. The number of benzene rings is 2. The molecule has 2 unspecified atom stereocenters. The number of rotatable bonds is 6. The normalized spacial score (nSPS) is 23.0. The van der Waals surface area contributed by atoms with Crippen LogP contribution in [0.5, 0.6) is 11.5 Å².